The summed E-state index contributed by atoms with van der Waals surface area (Å²) in [5, 5.41) is 12.0. The average molecular weight is 275 g/mol. The first kappa shape index (κ1) is 13.7. The van der Waals surface area contributed by atoms with Gasteiger partial charge < -0.3 is 10.1 Å². The second kappa shape index (κ2) is 5.97. The van der Waals surface area contributed by atoms with Crippen molar-refractivity contribution in [2.24, 2.45) is 0 Å². The highest BCUT2D eigenvalue weighted by Crippen LogP contribution is 2.29. The molecule has 0 aliphatic carbocycles. The number of aryl methyl sites for hydroxylation is 1. The summed E-state index contributed by atoms with van der Waals surface area (Å²) in [6, 6.07) is 9.97. The molecule has 6 heteroatoms. The molecular formula is C14H11F2N3O. The number of ether oxygens (including phenoxy) is 1. The monoisotopic (exact) mass is 275 g/mol. The number of pyridine rings is 1. The third kappa shape index (κ3) is 3.01. The number of aromatic nitrogens is 1. The number of nitrogens with zero attached hydrogens (tertiary/aromatic N) is 2. The van der Waals surface area contributed by atoms with Gasteiger partial charge in [-0.15, -0.1) is 0 Å². The van der Waals surface area contributed by atoms with Gasteiger partial charge in [0.1, 0.15) is 17.6 Å². The lowest BCUT2D eigenvalue weighted by Gasteiger charge is -2.13. The van der Waals surface area contributed by atoms with E-state index in [1.165, 1.54) is 12.3 Å². The summed E-state index contributed by atoms with van der Waals surface area (Å²) in [6.07, 6.45) is 1.54. The minimum Gasteiger partial charge on any atom is -0.433 e. The van der Waals surface area contributed by atoms with E-state index < -0.39 is 6.61 Å². The summed E-state index contributed by atoms with van der Waals surface area (Å²) in [5.41, 5.74) is 1.43. The Bertz CT molecular complexity index is 653. The summed E-state index contributed by atoms with van der Waals surface area (Å²) in [7, 11) is 0. The molecule has 0 spiro atoms. The van der Waals surface area contributed by atoms with Gasteiger partial charge in [-0.25, -0.2) is 4.98 Å². The van der Waals surface area contributed by atoms with Crippen LogP contribution < -0.4 is 10.1 Å². The number of nitrogens with one attached hydrogen (secondary N) is 1. The van der Waals surface area contributed by atoms with Crippen LogP contribution in [0.1, 0.15) is 11.1 Å². The fourth-order valence-electron chi connectivity index (χ4n) is 1.69. The van der Waals surface area contributed by atoms with Crippen molar-refractivity contribution in [1.29, 1.82) is 5.26 Å². The third-order valence-electron chi connectivity index (χ3n) is 2.63. The molecule has 0 aliphatic rings. The fourth-order valence-corrected chi connectivity index (χ4v) is 1.69. The van der Waals surface area contributed by atoms with Crippen molar-refractivity contribution < 1.29 is 13.5 Å². The Morgan fingerprint density at radius 2 is 2.05 bits per heavy atom. The van der Waals surface area contributed by atoms with Crippen molar-refractivity contribution >= 4 is 11.5 Å². The number of benzene rings is 1. The van der Waals surface area contributed by atoms with Crippen molar-refractivity contribution in [2.45, 2.75) is 13.5 Å². The second-order valence-corrected chi connectivity index (χ2v) is 3.96. The van der Waals surface area contributed by atoms with Crippen LogP contribution in [0, 0.1) is 18.3 Å². The van der Waals surface area contributed by atoms with Gasteiger partial charge in [-0.1, -0.05) is 12.1 Å². The van der Waals surface area contributed by atoms with Crippen molar-refractivity contribution in [2.75, 3.05) is 5.32 Å². The van der Waals surface area contributed by atoms with Crippen molar-refractivity contribution in [3.63, 3.8) is 0 Å². The van der Waals surface area contributed by atoms with Gasteiger partial charge in [-0.05, 0) is 30.7 Å². The first-order valence-electron chi connectivity index (χ1n) is 5.78. The molecule has 1 aromatic carbocycles. The second-order valence-electron chi connectivity index (χ2n) is 3.96. The van der Waals surface area contributed by atoms with E-state index in [-0.39, 0.29) is 5.75 Å². The van der Waals surface area contributed by atoms with Crippen LogP contribution in [0.4, 0.5) is 20.3 Å². The highest BCUT2D eigenvalue weighted by molar-refractivity contribution is 5.68. The van der Waals surface area contributed by atoms with E-state index in [0.717, 1.165) is 5.56 Å². The first-order chi connectivity index (χ1) is 9.61. The quantitative estimate of drug-likeness (QED) is 0.926. The number of alkyl halides is 2. The van der Waals surface area contributed by atoms with Gasteiger partial charge in [0.15, 0.2) is 0 Å². The smallest absolute Gasteiger partial charge is 0.387 e. The zero-order valence-electron chi connectivity index (χ0n) is 10.6. The molecule has 0 fully saturated rings. The molecule has 1 heterocycles. The first-order valence-corrected chi connectivity index (χ1v) is 5.78. The van der Waals surface area contributed by atoms with Crippen LogP contribution in [0.2, 0.25) is 0 Å². The number of hydrogen-bond acceptors (Lipinski definition) is 4. The maximum absolute atomic E-state index is 12.3. The van der Waals surface area contributed by atoms with Gasteiger partial charge in [0.25, 0.3) is 0 Å². The maximum atomic E-state index is 12.3. The number of halogens is 2. The topological polar surface area (TPSA) is 57.9 Å². The molecule has 1 aromatic heterocycles. The van der Waals surface area contributed by atoms with Crippen LogP contribution in [0.3, 0.4) is 0 Å². The van der Waals surface area contributed by atoms with E-state index in [2.05, 4.69) is 15.0 Å². The fraction of sp³-hybridized carbons (Fsp3) is 0.143. The Hall–Kier alpha value is -2.68. The zero-order valence-corrected chi connectivity index (χ0v) is 10.6. The molecule has 0 saturated heterocycles. The lowest BCUT2D eigenvalue weighted by molar-refractivity contribution is -0.0493. The lowest BCUT2D eigenvalue weighted by Crippen LogP contribution is -2.05. The van der Waals surface area contributed by atoms with Crippen LogP contribution in [0.25, 0.3) is 0 Å². The van der Waals surface area contributed by atoms with Crippen LogP contribution in [0.5, 0.6) is 5.75 Å². The molecular weight excluding hydrogens is 264 g/mol. The molecule has 102 valence electrons. The Labute approximate surface area is 114 Å². The molecule has 0 atom stereocenters. The summed E-state index contributed by atoms with van der Waals surface area (Å²) in [4.78, 5) is 4.05. The van der Waals surface area contributed by atoms with Crippen molar-refractivity contribution in [3.05, 3.63) is 47.7 Å². The van der Waals surface area contributed by atoms with Crippen molar-refractivity contribution in [3.8, 4) is 11.8 Å². The van der Waals surface area contributed by atoms with E-state index in [9.17, 15) is 8.78 Å². The Kier molecular flexibility index (Phi) is 4.11. The van der Waals surface area contributed by atoms with E-state index in [1.807, 2.05) is 6.07 Å². The summed E-state index contributed by atoms with van der Waals surface area (Å²) in [5.74, 6) is 0.299. The number of para-hydroxylation sites is 2. The normalized spacial score (nSPS) is 10.2. The summed E-state index contributed by atoms with van der Waals surface area (Å²) < 4.78 is 29.1. The molecule has 0 radical (unpaired) electrons. The highest BCUT2D eigenvalue weighted by atomic mass is 19.3. The van der Waals surface area contributed by atoms with Crippen LogP contribution in [-0.2, 0) is 0 Å². The summed E-state index contributed by atoms with van der Waals surface area (Å²) in [6.45, 7) is -1.15. The largest absolute Gasteiger partial charge is 0.433 e. The number of rotatable bonds is 4. The van der Waals surface area contributed by atoms with E-state index >= 15 is 0 Å². The summed E-state index contributed by atoms with van der Waals surface area (Å²) >= 11 is 0. The highest BCUT2D eigenvalue weighted by Gasteiger charge is 2.12. The molecule has 0 bridgehead atoms. The SMILES string of the molecule is Cc1ccnc(Nc2ccccc2OC(F)F)c1C#N. The van der Waals surface area contributed by atoms with Crippen molar-refractivity contribution in [1.82, 2.24) is 4.98 Å². The van der Waals surface area contributed by atoms with E-state index in [1.54, 1.807) is 31.2 Å². The van der Waals surface area contributed by atoms with Gasteiger partial charge in [0, 0.05) is 6.20 Å². The predicted molar refractivity (Wildman–Crippen MR) is 70.0 cm³/mol. The van der Waals surface area contributed by atoms with E-state index in [4.69, 9.17) is 5.26 Å². The molecule has 0 aliphatic heterocycles. The van der Waals surface area contributed by atoms with Gasteiger partial charge in [0.05, 0.1) is 11.3 Å². The van der Waals surface area contributed by atoms with Gasteiger partial charge in [-0.2, -0.15) is 14.0 Å². The molecule has 1 N–H and O–H groups in total. The van der Waals surface area contributed by atoms with Crippen LogP contribution in [-0.4, -0.2) is 11.6 Å². The standard InChI is InChI=1S/C14H11F2N3O/c1-9-6-7-18-13(10(9)8-17)19-11-4-2-3-5-12(11)20-14(15)16/h2-7,14H,1H3,(H,18,19). The van der Waals surface area contributed by atoms with Crippen LogP contribution in [0.15, 0.2) is 36.5 Å². The Balaban J connectivity index is 2.36. The minimum absolute atomic E-state index is 0.00491. The van der Waals surface area contributed by atoms with Gasteiger partial charge in [-0.3, -0.25) is 0 Å². The molecule has 0 saturated carbocycles. The minimum atomic E-state index is -2.92. The molecule has 0 unspecified atom stereocenters. The van der Waals surface area contributed by atoms with Gasteiger partial charge >= 0.3 is 6.61 Å². The number of hydrogen-bond donors (Lipinski definition) is 1. The Morgan fingerprint density at radius 3 is 2.75 bits per heavy atom. The van der Waals surface area contributed by atoms with E-state index in [0.29, 0.717) is 17.1 Å². The number of nitriles is 1. The van der Waals surface area contributed by atoms with Gasteiger partial charge in [0.2, 0.25) is 0 Å². The molecule has 2 rings (SSSR count). The number of anilines is 2. The Morgan fingerprint density at radius 1 is 1.30 bits per heavy atom. The zero-order chi connectivity index (χ0) is 14.5. The molecule has 20 heavy (non-hydrogen) atoms. The molecule has 4 nitrogen and oxygen atoms in total. The molecule has 0 amide bonds. The average Bonchev–Trinajstić information content (AvgIpc) is 2.41. The van der Waals surface area contributed by atoms with Crippen LogP contribution >= 0.6 is 0 Å². The third-order valence-corrected chi connectivity index (χ3v) is 2.63. The lowest BCUT2D eigenvalue weighted by atomic mass is 10.1. The predicted octanol–water partition coefficient (Wildman–Crippen LogP) is 3.61. The molecule has 2 aromatic rings. The maximum Gasteiger partial charge on any atom is 0.387 e.